The molecule has 0 amide bonds. The molecule has 0 radical (unpaired) electrons. The van der Waals surface area contributed by atoms with Crippen LogP contribution in [0.1, 0.15) is 40.0 Å². The number of morpholine rings is 1. The minimum Gasteiger partial charge on any atom is -0.382 e. The minimum atomic E-state index is 0. The summed E-state index contributed by atoms with van der Waals surface area (Å²) in [7, 11) is 1.84. The third-order valence-corrected chi connectivity index (χ3v) is 5.35. The fraction of sp³-hybridized carbons (Fsp3) is 0.944. The maximum atomic E-state index is 5.51. The lowest BCUT2D eigenvalue weighted by Crippen LogP contribution is -2.56. The molecule has 1 saturated heterocycles. The first-order chi connectivity index (χ1) is 11.5. The van der Waals surface area contributed by atoms with Crippen LogP contribution in [0.4, 0.5) is 0 Å². The molecule has 2 N–H and O–H groups in total. The van der Waals surface area contributed by atoms with Crippen molar-refractivity contribution in [3.05, 3.63) is 0 Å². The minimum absolute atomic E-state index is 0. The third-order valence-electron chi connectivity index (χ3n) is 5.35. The van der Waals surface area contributed by atoms with E-state index in [0.29, 0.717) is 5.41 Å². The molecule has 2 aliphatic rings. The maximum absolute atomic E-state index is 5.51. The van der Waals surface area contributed by atoms with Crippen LogP contribution >= 0.6 is 24.0 Å². The number of hydrogen-bond donors (Lipinski definition) is 2. The Morgan fingerprint density at radius 3 is 2.48 bits per heavy atom. The maximum Gasteiger partial charge on any atom is 0.191 e. The molecule has 1 aliphatic heterocycles. The molecule has 1 aliphatic carbocycles. The molecule has 2 fully saturated rings. The highest BCUT2D eigenvalue weighted by atomic mass is 127. The van der Waals surface area contributed by atoms with E-state index in [1.807, 2.05) is 7.05 Å². The van der Waals surface area contributed by atoms with Crippen molar-refractivity contribution in [1.82, 2.24) is 15.5 Å². The largest absolute Gasteiger partial charge is 0.382 e. The number of aliphatic imine (C=N–C) groups is 1. The lowest BCUT2D eigenvalue weighted by Gasteiger charge is -2.41. The van der Waals surface area contributed by atoms with Crippen LogP contribution in [-0.2, 0) is 9.47 Å². The summed E-state index contributed by atoms with van der Waals surface area (Å²) in [4.78, 5) is 6.87. The molecule has 0 atom stereocenters. The quantitative estimate of drug-likeness (QED) is 0.235. The Bertz CT molecular complexity index is 408. The van der Waals surface area contributed by atoms with E-state index in [1.54, 1.807) is 0 Å². The topological polar surface area (TPSA) is 58.1 Å². The van der Waals surface area contributed by atoms with Crippen LogP contribution in [0.3, 0.4) is 0 Å². The summed E-state index contributed by atoms with van der Waals surface area (Å²) in [5, 5.41) is 7.01. The fourth-order valence-electron chi connectivity index (χ4n) is 3.20. The predicted octanol–water partition coefficient (Wildman–Crippen LogP) is 2.09. The van der Waals surface area contributed by atoms with E-state index in [-0.39, 0.29) is 29.5 Å². The molecule has 7 heteroatoms. The van der Waals surface area contributed by atoms with Gasteiger partial charge in [0.05, 0.1) is 13.2 Å². The van der Waals surface area contributed by atoms with Crippen molar-refractivity contribution in [2.45, 2.75) is 45.6 Å². The lowest BCUT2D eigenvalue weighted by molar-refractivity contribution is -0.00834. The predicted molar refractivity (Wildman–Crippen MR) is 114 cm³/mol. The zero-order valence-electron chi connectivity index (χ0n) is 16.4. The summed E-state index contributed by atoms with van der Waals surface area (Å²) < 4.78 is 11.0. The highest BCUT2D eigenvalue weighted by Gasteiger charge is 2.42. The Balaban J connectivity index is 0.00000312. The SMILES string of the molecule is CCOCCC1(CNC(=NC)NCC(C)(C)N2CCOCC2)CC1.I. The van der Waals surface area contributed by atoms with E-state index in [4.69, 9.17) is 9.47 Å². The van der Waals surface area contributed by atoms with Gasteiger partial charge in [-0.2, -0.15) is 0 Å². The Morgan fingerprint density at radius 1 is 1.24 bits per heavy atom. The van der Waals surface area contributed by atoms with E-state index in [1.165, 1.54) is 12.8 Å². The fourth-order valence-corrected chi connectivity index (χ4v) is 3.20. The molecule has 0 aromatic carbocycles. The van der Waals surface area contributed by atoms with Gasteiger partial charge in [0.15, 0.2) is 5.96 Å². The van der Waals surface area contributed by atoms with Crippen molar-refractivity contribution in [2.24, 2.45) is 10.4 Å². The standard InChI is InChI=1S/C18H36N4O2.HI/c1-5-23-11-8-18(6-7-18)15-21-16(19-4)20-14-17(2,3)22-9-12-24-13-10-22;/h5-15H2,1-4H3,(H2,19,20,21);1H. The molecule has 0 aromatic heterocycles. The van der Waals surface area contributed by atoms with Gasteiger partial charge in [-0.15, -0.1) is 24.0 Å². The van der Waals surface area contributed by atoms with Gasteiger partial charge in [-0.05, 0) is 45.4 Å². The molecule has 0 aromatic rings. The summed E-state index contributed by atoms with van der Waals surface area (Å²) in [6, 6.07) is 0. The van der Waals surface area contributed by atoms with E-state index in [2.05, 4.69) is 41.3 Å². The number of nitrogens with one attached hydrogen (secondary N) is 2. The first-order valence-electron chi connectivity index (χ1n) is 9.36. The number of halogens is 1. The normalized spacial score (nSPS) is 20.7. The summed E-state index contributed by atoms with van der Waals surface area (Å²) in [6.07, 6.45) is 3.73. The molecule has 148 valence electrons. The van der Waals surface area contributed by atoms with Crippen LogP contribution < -0.4 is 10.6 Å². The molecular formula is C18H37IN4O2. The highest BCUT2D eigenvalue weighted by Crippen LogP contribution is 2.48. The molecular weight excluding hydrogens is 431 g/mol. The van der Waals surface area contributed by atoms with Crippen LogP contribution in [-0.4, -0.2) is 76.1 Å². The molecule has 6 nitrogen and oxygen atoms in total. The van der Waals surface area contributed by atoms with Crippen LogP contribution in [0.25, 0.3) is 0 Å². The van der Waals surface area contributed by atoms with Gasteiger partial charge in [-0.3, -0.25) is 9.89 Å². The Morgan fingerprint density at radius 2 is 1.92 bits per heavy atom. The second-order valence-corrected chi connectivity index (χ2v) is 7.64. The van der Waals surface area contributed by atoms with Crippen molar-refractivity contribution in [1.29, 1.82) is 0 Å². The third kappa shape index (κ3) is 7.56. The summed E-state index contributed by atoms with van der Waals surface area (Å²) >= 11 is 0. The Kier molecular flexibility index (Phi) is 9.98. The van der Waals surface area contributed by atoms with Gasteiger partial charge in [-0.25, -0.2) is 0 Å². The lowest BCUT2D eigenvalue weighted by atomic mass is 10.0. The van der Waals surface area contributed by atoms with Gasteiger partial charge in [0.25, 0.3) is 0 Å². The summed E-state index contributed by atoms with van der Waals surface area (Å²) in [5.41, 5.74) is 0.514. The monoisotopic (exact) mass is 468 g/mol. The van der Waals surface area contributed by atoms with Gasteiger partial charge in [0.1, 0.15) is 0 Å². The van der Waals surface area contributed by atoms with Gasteiger partial charge in [0.2, 0.25) is 0 Å². The molecule has 2 rings (SSSR count). The molecule has 0 spiro atoms. The molecule has 1 heterocycles. The van der Waals surface area contributed by atoms with Gasteiger partial charge >= 0.3 is 0 Å². The van der Waals surface area contributed by atoms with Crippen LogP contribution in [0.2, 0.25) is 0 Å². The smallest absolute Gasteiger partial charge is 0.191 e. The van der Waals surface area contributed by atoms with Crippen molar-refractivity contribution >= 4 is 29.9 Å². The Hall–Kier alpha value is -0.120. The van der Waals surface area contributed by atoms with E-state index in [9.17, 15) is 0 Å². The molecule has 0 bridgehead atoms. The van der Waals surface area contributed by atoms with Crippen molar-refractivity contribution < 1.29 is 9.47 Å². The first-order valence-corrected chi connectivity index (χ1v) is 9.36. The Labute approximate surface area is 170 Å². The van der Waals surface area contributed by atoms with Crippen molar-refractivity contribution in [3.8, 4) is 0 Å². The van der Waals surface area contributed by atoms with E-state index in [0.717, 1.165) is 65.0 Å². The van der Waals surface area contributed by atoms with Gasteiger partial charge in [-0.1, -0.05) is 0 Å². The second-order valence-electron chi connectivity index (χ2n) is 7.64. The summed E-state index contributed by atoms with van der Waals surface area (Å²) in [5.74, 6) is 0.902. The first kappa shape index (κ1) is 22.9. The summed E-state index contributed by atoms with van der Waals surface area (Å²) in [6.45, 7) is 13.8. The number of ether oxygens (including phenoxy) is 2. The average Bonchev–Trinajstić information content (AvgIpc) is 3.36. The van der Waals surface area contributed by atoms with Crippen LogP contribution in [0.15, 0.2) is 4.99 Å². The number of rotatable bonds is 9. The van der Waals surface area contributed by atoms with Gasteiger partial charge in [0, 0.05) is 52.0 Å². The molecule has 25 heavy (non-hydrogen) atoms. The zero-order valence-corrected chi connectivity index (χ0v) is 18.7. The molecule has 1 saturated carbocycles. The van der Waals surface area contributed by atoms with E-state index >= 15 is 0 Å². The zero-order chi connectivity index (χ0) is 17.5. The van der Waals surface area contributed by atoms with Crippen LogP contribution in [0, 0.1) is 5.41 Å². The van der Waals surface area contributed by atoms with Crippen LogP contribution in [0.5, 0.6) is 0 Å². The number of hydrogen-bond acceptors (Lipinski definition) is 4. The van der Waals surface area contributed by atoms with Crippen molar-refractivity contribution in [2.75, 3.05) is 59.7 Å². The number of nitrogens with zero attached hydrogens (tertiary/aromatic N) is 2. The highest BCUT2D eigenvalue weighted by molar-refractivity contribution is 14.0. The molecule has 0 unspecified atom stereocenters. The van der Waals surface area contributed by atoms with Crippen molar-refractivity contribution in [3.63, 3.8) is 0 Å². The van der Waals surface area contributed by atoms with E-state index < -0.39 is 0 Å². The van der Waals surface area contributed by atoms with Gasteiger partial charge < -0.3 is 20.1 Å². The second kappa shape index (κ2) is 10.9. The average molecular weight is 468 g/mol. The number of guanidine groups is 1.